The zero-order valence-corrected chi connectivity index (χ0v) is 15.9. The second-order valence-electron chi connectivity index (χ2n) is 6.53. The summed E-state index contributed by atoms with van der Waals surface area (Å²) in [6.45, 7) is 2.18. The summed E-state index contributed by atoms with van der Waals surface area (Å²) < 4.78 is 14.4. The summed E-state index contributed by atoms with van der Waals surface area (Å²) in [6.07, 6.45) is 0.545. The van der Waals surface area contributed by atoms with Crippen LogP contribution in [0.2, 0.25) is 0 Å². The molecule has 0 unspecified atom stereocenters. The van der Waals surface area contributed by atoms with Gasteiger partial charge in [0.1, 0.15) is 11.6 Å². The van der Waals surface area contributed by atoms with E-state index in [4.69, 9.17) is 5.73 Å². The van der Waals surface area contributed by atoms with Crippen LogP contribution in [0.25, 0.3) is 0 Å². The topological polar surface area (TPSA) is 101 Å². The normalized spacial score (nSPS) is 10.7. The van der Waals surface area contributed by atoms with Crippen LogP contribution in [0.5, 0.6) is 0 Å². The first kappa shape index (κ1) is 20.1. The quantitative estimate of drug-likeness (QED) is 0.668. The smallest absolute Gasteiger partial charge is 0.330 e. The SMILES string of the molecule is CCCN(C(=O)c1ccc(F)cc1)c1c(N)n(Cc2ccccc2)c(=O)[nH]c1=O. The zero-order chi connectivity index (χ0) is 21.0. The van der Waals surface area contributed by atoms with Gasteiger partial charge in [0.15, 0.2) is 5.69 Å². The van der Waals surface area contributed by atoms with Crippen LogP contribution in [0.1, 0.15) is 29.3 Å². The highest BCUT2D eigenvalue weighted by Gasteiger charge is 2.24. The maximum Gasteiger partial charge on any atom is 0.330 e. The van der Waals surface area contributed by atoms with E-state index in [9.17, 15) is 18.8 Å². The van der Waals surface area contributed by atoms with Gasteiger partial charge in [-0.15, -0.1) is 0 Å². The number of nitrogens with zero attached hydrogens (tertiary/aromatic N) is 2. The highest BCUT2D eigenvalue weighted by Crippen LogP contribution is 2.20. The number of benzene rings is 2. The van der Waals surface area contributed by atoms with Gasteiger partial charge in [0.25, 0.3) is 11.5 Å². The third-order valence-corrected chi connectivity index (χ3v) is 4.45. The molecular formula is C21H21FN4O3. The predicted octanol–water partition coefficient (Wildman–Crippen LogP) is 2.36. The van der Waals surface area contributed by atoms with E-state index >= 15 is 0 Å². The molecule has 0 radical (unpaired) electrons. The molecule has 0 bridgehead atoms. The first-order chi connectivity index (χ1) is 13.9. The maximum absolute atomic E-state index is 13.2. The second-order valence-corrected chi connectivity index (χ2v) is 6.53. The van der Waals surface area contributed by atoms with Gasteiger partial charge in [-0.1, -0.05) is 37.3 Å². The van der Waals surface area contributed by atoms with Gasteiger partial charge in [-0.2, -0.15) is 0 Å². The minimum atomic E-state index is -0.749. The molecule has 150 valence electrons. The largest absolute Gasteiger partial charge is 0.383 e. The Morgan fingerprint density at radius 3 is 2.38 bits per heavy atom. The Balaban J connectivity index is 2.09. The maximum atomic E-state index is 13.2. The average molecular weight is 396 g/mol. The molecule has 0 aliphatic heterocycles. The van der Waals surface area contributed by atoms with Crippen molar-refractivity contribution in [2.75, 3.05) is 17.2 Å². The van der Waals surface area contributed by atoms with Gasteiger partial charge in [-0.25, -0.2) is 9.18 Å². The number of halogens is 1. The van der Waals surface area contributed by atoms with Crippen molar-refractivity contribution in [2.45, 2.75) is 19.9 Å². The number of aromatic amines is 1. The van der Waals surface area contributed by atoms with Gasteiger partial charge in [-0.3, -0.25) is 19.1 Å². The number of rotatable bonds is 6. The minimum absolute atomic E-state index is 0.100. The van der Waals surface area contributed by atoms with Crippen molar-refractivity contribution in [1.29, 1.82) is 0 Å². The zero-order valence-electron chi connectivity index (χ0n) is 15.9. The van der Waals surface area contributed by atoms with Crippen LogP contribution < -0.4 is 21.9 Å². The highest BCUT2D eigenvalue weighted by molar-refractivity contribution is 6.07. The average Bonchev–Trinajstić information content (AvgIpc) is 2.71. The van der Waals surface area contributed by atoms with Gasteiger partial charge in [0.2, 0.25) is 0 Å². The van der Waals surface area contributed by atoms with E-state index in [1.807, 2.05) is 37.3 Å². The number of anilines is 2. The second kappa shape index (κ2) is 8.55. The Bertz CT molecular complexity index is 1120. The van der Waals surface area contributed by atoms with Gasteiger partial charge >= 0.3 is 5.69 Å². The van der Waals surface area contributed by atoms with Crippen molar-refractivity contribution in [1.82, 2.24) is 9.55 Å². The summed E-state index contributed by atoms with van der Waals surface area (Å²) in [6, 6.07) is 14.2. The van der Waals surface area contributed by atoms with Gasteiger partial charge in [-0.05, 0) is 36.2 Å². The molecule has 3 N–H and O–H groups in total. The monoisotopic (exact) mass is 396 g/mol. The number of hydrogen-bond acceptors (Lipinski definition) is 4. The molecule has 0 atom stereocenters. The standard InChI is InChI=1S/C21H21FN4O3/c1-2-12-25(20(28)15-8-10-16(22)11-9-15)17-18(23)26(21(29)24-19(17)27)13-14-6-4-3-5-7-14/h3-11H,2,12-13,23H2,1H3,(H,24,27,29). The summed E-state index contributed by atoms with van der Waals surface area (Å²) in [4.78, 5) is 41.4. The first-order valence-electron chi connectivity index (χ1n) is 9.16. The van der Waals surface area contributed by atoms with Crippen molar-refractivity contribution < 1.29 is 9.18 Å². The lowest BCUT2D eigenvalue weighted by Crippen LogP contribution is -2.41. The van der Waals surface area contributed by atoms with E-state index < -0.39 is 23.0 Å². The Morgan fingerprint density at radius 1 is 1.10 bits per heavy atom. The lowest BCUT2D eigenvalue weighted by Gasteiger charge is -2.24. The summed E-state index contributed by atoms with van der Waals surface area (Å²) in [5.74, 6) is -1.09. The molecule has 0 spiro atoms. The number of carbonyl (C=O) groups excluding carboxylic acids is 1. The highest BCUT2D eigenvalue weighted by atomic mass is 19.1. The number of aromatic nitrogens is 2. The summed E-state index contributed by atoms with van der Waals surface area (Å²) in [7, 11) is 0. The summed E-state index contributed by atoms with van der Waals surface area (Å²) >= 11 is 0. The van der Waals surface area contributed by atoms with Crippen LogP contribution in [0.4, 0.5) is 15.9 Å². The molecule has 0 saturated heterocycles. The summed E-state index contributed by atoms with van der Waals surface area (Å²) in [5.41, 5.74) is 5.70. The van der Waals surface area contributed by atoms with Crippen molar-refractivity contribution in [2.24, 2.45) is 0 Å². The molecule has 29 heavy (non-hydrogen) atoms. The molecule has 0 fully saturated rings. The fraction of sp³-hybridized carbons (Fsp3) is 0.190. The molecular weight excluding hydrogens is 375 g/mol. The first-order valence-corrected chi connectivity index (χ1v) is 9.16. The van der Waals surface area contributed by atoms with Crippen molar-refractivity contribution >= 4 is 17.4 Å². The lowest BCUT2D eigenvalue weighted by atomic mass is 10.1. The van der Waals surface area contributed by atoms with E-state index in [2.05, 4.69) is 4.98 Å². The summed E-state index contributed by atoms with van der Waals surface area (Å²) in [5, 5.41) is 0. The number of carbonyl (C=O) groups is 1. The van der Waals surface area contributed by atoms with Crippen molar-refractivity contribution in [3.63, 3.8) is 0 Å². The van der Waals surface area contributed by atoms with E-state index in [1.54, 1.807) is 0 Å². The third-order valence-electron chi connectivity index (χ3n) is 4.45. The van der Waals surface area contributed by atoms with Gasteiger partial charge in [0, 0.05) is 12.1 Å². The number of hydrogen-bond donors (Lipinski definition) is 2. The molecule has 8 heteroatoms. The molecule has 0 aliphatic carbocycles. The van der Waals surface area contributed by atoms with Crippen LogP contribution in [-0.2, 0) is 6.54 Å². The van der Waals surface area contributed by atoms with Gasteiger partial charge < -0.3 is 10.6 Å². The Hall–Kier alpha value is -3.68. The van der Waals surface area contributed by atoms with Crippen LogP contribution in [0.3, 0.4) is 0 Å². The molecule has 0 aliphatic rings. The predicted molar refractivity (Wildman–Crippen MR) is 110 cm³/mol. The fourth-order valence-electron chi connectivity index (χ4n) is 3.05. The molecule has 3 aromatic rings. The number of nitrogens with one attached hydrogen (secondary N) is 1. The fourth-order valence-corrected chi connectivity index (χ4v) is 3.05. The lowest BCUT2D eigenvalue weighted by molar-refractivity contribution is 0.0986. The van der Waals surface area contributed by atoms with Crippen molar-refractivity contribution in [3.8, 4) is 0 Å². The van der Waals surface area contributed by atoms with Gasteiger partial charge in [0.05, 0.1) is 6.54 Å². The molecule has 7 nitrogen and oxygen atoms in total. The van der Waals surface area contributed by atoms with Crippen LogP contribution >= 0.6 is 0 Å². The molecule has 3 rings (SSSR count). The molecule has 1 amide bonds. The van der Waals surface area contributed by atoms with Crippen molar-refractivity contribution in [3.05, 3.63) is 92.4 Å². The van der Waals surface area contributed by atoms with E-state index in [-0.39, 0.29) is 30.2 Å². The number of amides is 1. The van der Waals surface area contributed by atoms with Crippen LogP contribution in [-0.4, -0.2) is 22.0 Å². The molecule has 0 saturated carbocycles. The van der Waals surface area contributed by atoms with E-state index in [0.717, 1.165) is 5.56 Å². The number of nitrogens with two attached hydrogens (primary N) is 1. The van der Waals surface area contributed by atoms with Crippen LogP contribution in [0, 0.1) is 5.82 Å². The van der Waals surface area contributed by atoms with E-state index in [0.29, 0.717) is 6.42 Å². The minimum Gasteiger partial charge on any atom is -0.383 e. The number of nitrogen functional groups attached to an aromatic ring is 1. The van der Waals surface area contributed by atoms with E-state index in [1.165, 1.54) is 33.7 Å². The van der Waals surface area contributed by atoms with Crippen LogP contribution in [0.15, 0.2) is 64.2 Å². The molecule has 1 aromatic heterocycles. The third kappa shape index (κ3) is 4.26. The Morgan fingerprint density at radius 2 is 1.76 bits per heavy atom. The molecule has 1 heterocycles. The number of H-pyrrole nitrogens is 1. The Labute approximate surface area is 166 Å². The molecule has 2 aromatic carbocycles. The Kier molecular flexibility index (Phi) is 5.92.